The van der Waals surface area contributed by atoms with Crippen LogP contribution in [0.3, 0.4) is 0 Å². The van der Waals surface area contributed by atoms with E-state index in [1.807, 2.05) is 6.07 Å². The van der Waals surface area contributed by atoms with Gasteiger partial charge in [-0.15, -0.1) is 0 Å². The fraction of sp³-hybridized carbons (Fsp3) is 0.143. The van der Waals surface area contributed by atoms with Crippen LogP contribution in [0.4, 0.5) is 10.5 Å². The molecule has 0 spiro atoms. The molecule has 3 rings (SSSR count). The molecule has 1 aliphatic rings. The zero-order valence-electron chi connectivity index (χ0n) is 11.0. The lowest BCUT2D eigenvalue weighted by Crippen LogP contribution is -2.22. The van der Waals surface area contributed by atoms with Crippen molar-refractivity contribution in [2.75, 3.05) is 5.32 Å². The number of aromatic nitrogens is 2. The minimum atomic E-state index is -0.946. The topological polar surface area (TPSA) is 95.4 Å². The van der Waals surface area contributed by atoms with Gasteiger partial charge in [-0.1, -0.05) is 6.07 Å². The van der Waals surface area contributed by atoms with Gasteiger partial charge in [0.15, 0.2) is 0 Å². The number of carboxylic acid groups (broad SMARTS) is 1. The smallest absolute Gasteiger partial charge is 0.407 e. The zero-order valence-corrected chi connectivity index (χ0v) is 11.0. The third kappa shape index (κ3) is 2.66. The van der Waals surface area contributed by atoms with Crippen LogP contribution in [0.25, 0.3) is 0 Å². The first-order chi connectivity index (χ1) is 10.1. The maximum atomic E-state index is 12.0. The molecule has 1 aliphatic heterocycles. The Bertz CT molecular complexity index is 703. The molecule has 2 amide bonds. The van der Waals surface area contributed by atoms with Gasteiger partial charge < -0.3 is 10.4 Å². The van der Waals surface area contributed by atoms with Crippen LogP contribution in [0.2, 0.25) is 0 Å². The molecule has 0 unspecified atom stereocenters. The van der Waals surface area contributed by atoms with Crippen molar-refractivity contribution >= 4 is 17.7 Å². The van der Waals surface area contributed by atoms with Gasteiger partial charge in [0.1, 0.15) is 6.33 Å². The number of rotatable bonds is 2. The molecule has 1 aromatic heterocycles. The maximum absolute atomic E-state index is 12.0. The van der Waals surface area contributed by atoms with E-state index >= 15 is 0 Å². The summed E-state index contributed by atoms with van der Waals surface area (Å²) in [5.74, 6) is -0.302. The zero-order chi connectivity index (χ0) is 14.8. The van der Waals surface area contributed by atoms with Crippen LogP contribution >= 0.6 is 0 Å². The van der Waals surface area contributed by atoms with Crippen molar-refractivity contribution in [1.29, 1.82) is 0 Å². The van der Waals surface area contributed by atoms with Gasteiger partial charge in [0.25, 0.3) is 5.91 Å². The van der Waals surface area contributed by atoms with Gasteiger partial charge in [-0.3, -0.25) is 9.69 Å². The molecule has 0 fully saturated rings. The lowest BCUT2D eigenvalue weighted by molar-refractivity contribution is 0.102. The van der Waals surface area contributed by atoms with Gasteiger partial charge >= 0.3 is 6.09 Å². The highest BCUT2D eigenvalue weighted by atomic mass is 16.4. The molecule has 0 atom stereocenters. The Hall–Kier alpha value is -2.96. The number of hydrogen-bond donors (Lipinski definition) is 2. The number of amides is 2. The van der Waals surface area contributed by atoms with Gasteiger partial charge in [-0.25, -0.2) is 14.8 Å². The molecule has 106 valence electrons. The number of fused-ring (bicyclic) bond motifs is 1. The molecule has 1 aromatic carbocycles. The van der Waals surface area contributed by atoms with E-state index in [1.165, 1.54) is 23.6 Å². The van der Waals surface area contributed by atoms with Gasteiger partial charge in [0.05, 0.1) is 5.56 Å². The van der Waals surface area contributed by atoms with Crippen molar-refractivity contribution in [3.05, 3.63) is 53.6 Å². The third-order valence-corrected chi connectivity index (χ3v) is 3.28. The van der Waals surface area contributed by atoms with E-state index in [0.29, 0.717) is 24.3 Å². The Morgan fingerprint density at radius 2 is 1.86 bits per heavy atom. The molecule has 2 aromatic rings. The van der Waals surface area contributed by atoms with Crippen molar-refractivity contribution < 1.29 is 14.7 Å². The number of carbonyl (C=O) groups is 2. The van der Waals surface area contributed by atoms with Crippen LogP contribution in [0.15, 0.2) is 36.9 Å². The van der Waals surface area contributed by atoms with E-state index < -0.39 is 6.09 Å². The number of benzene rings is 1. The SMILES string of the molecule is O=C(Nc1ccc2c(c1)CN(C(=O)O)C2)c1cncnc1. The molecule has 0 saturated carbocycles. The Labute approximate surface area is 120 Å². The van der Waals surface area contributed by atoms with Crippen LogP contribution in [0.5, 0.6) is 0 Å². The summed E-state index contributed by atoms with van der Waals surface area (Å²) in [5, 5.41) is 11.7. The molecule has 0 saturated heterocycles. The quantitative estimate of drug-likeness (QED) is 0.875. The molecule has 0 radical (unpaired) electrons. The number of nitrogens with one attached hydrogen (secondary N) is 1. The highest BCUT2D eigenvalue weighted by Crippen LogP contribution is 2.25. The molecule has 0 bridgehead atoms. The molecule has 2 heterocycles. The Morgan fingerprint density at radius 1 is 1.14 bits per heavy atom. The van der Waals surface area contributed by atoms with Gasteiger partial charge in [0.2, 0.25) is 0 Å². The predicted octanol–water partition coefficient (Wildman–Crippen LogP) is 1.72. The Balaban J connectivity index is 1.76. The summed E-state index contributed by atoms with van der Waals surface area (Å²) >= 11 is 0. The number of hydrogen-bond acceptors (Lipinski definition) is 4. The molecule has 0 aliphatic carbocycles. The molecule has 7 heteroatoms. The Morgan fingerprint density at radius 3 is 2.57 bits per heavy atom. The van der Waals surface area contributed by atoms with E-state index in [4.69, 9.17) is 5.11 Å². The van der Waals surface area contributed by atoms with Crippen LogP contribution < -0.4 is 5.32 Å². The summed E-state index contributed by atoms with van der Waals surface area (Å²) in [6.45, 7) is 0.717. The summed E-state index contributed by atoms with van der Waals surface area (Å²) in [7, 11) is 0. The number of carbonyl (C=O) groups excluding carboxylic acids is 1. The average molecular weight is 284 g/mol. The second-order valence-electron chi connectivity index (χ2n) is 4.70. The minimum Gasteiger partial charge on any atom is -0.465 e. The fourth-order valence-corrected chi connectivity index (χ4v) is 2.23. The van der Waals surface area contributed by atoms with Gasteiger partial charge in [-0.2, -0.15) is 0 Å². The summed E-state index contributed by atoms with van der Waals surface area (Å²) in [5.41, 5.74) is 2.85. The summed E-state index contributed by atoms with van der Waals surface area (Å²) < 4.78 is 0. The molecular weight excluding hydrogens is 272 g/mol. The maximum Gasteiger partial charge on any atom is 0.407 e. The first-order valence-electron chi connectivity index (χ1n) is 6.29. The lowest BCUT2D eigenvalue weighted by Gasteiger charge is -2.08. The van der Waals surface area contributed by atoms with E-state index in [1.54, 1.807) is 12.1 Å². The first kappa shape index (κ1) is 13.0. The number of nitrogens with zero attached hydrogens (tertiary/aromatic N) is 3. The van der Waals surface area contributed by atoms with Crippen LogP contribution in [-0.2, 0) is 13.1 Å². The van der Waals surface area contributed by atoms with E-state index in [0.717, 1.165) is 11.1 Å². The van der Waals surface area contributed by atoms with Crippen molar-refractivity contribution in [3.8, 4) is 0 Å². The Kier molecular flexibility index (Phi) is 3.23. The lowest BCUT2D eigenvalue weighted by atomic mass is 10.1. The molecular formula is C14H12N4O3. The van der Waals surface area contributed by atoms with Crippen LogP contribution in [-0.4, -0.2) is 32.0 Å². The van der Waals surface area contributed by atoms with Crippen molar-refractivity contribution in [1.82, 2.24) is 14.9 Å². The summed E-state index contributed by atoms with van der Waals surface area (Å²) in [6, 6.07) is 5.38. The largest absolute Gasteiger partial charge is 0.465 e. The summed E-state index contributed by atoms with van der Waals surface area (Å²) in [4.78, 5) is 31.9. The fourth-order valence-electron chi connectivity index (χ4n) is 2.23. The molecule has 21 heavy (non-hydrogen) atoms. The first-order valence-corrected chi connectivity index (χ1v) is 6.29. The van der Waals surface area contributed by atoms with Crippen molar-refractivity contribution in [2.45, 2.75) is 13.1 Å². The highest BCUT2D eigenvalue weighted by Gasteiger charge is 2.23. The van der Waals surface area contributed by atoms with E-state index in [9.17, 15) is 9.59 Å². The monoisotopic (exact) mass is 284 g/mol. The van der Waals surface area contributed by atoms with Crippen molar-refractivity contribution in [3.63, 3.8) is 0 Å². The van der Waals surface area contributed by atoms with E-state index in [-0.39, 0.29) is 5.91 Å². The predicted molar refractivity (Wildman–Crippen MR) is 73.7 cm³/mol. The second kappa shape index (κ2) is 5.20. The molecule has 7 nitrogen and oxygen atoms in total. The second-order valence-corrected chi connectivity index (χ2v) is 4.70. The average Bonchev–Trinajstić information content (AvgIpc) is 2.91. The summed E-state index contributed by atoms with van der Waals surface area (Å²) in [6.07, 6.45) is 3.27. The van der Waals surface area contributed by atoms with Crippen LogP contribution in [0, 0.1) is 0 Å². The minimum absolute atomic E-state index is 0.302. The van der Waals surface area contributed by atoms with Crippen molar-refractivity contribution in [2.24, 2.45) is 0 Å². The van der Waals surface area contributed by atoms with Gasteiger partial charge in [-0.05, 0) is 23.3 Å². The highest BCUT2D eigenvalue weighted by molar-refractivity contribution is 6.03. The third-order valence-electron chi connectivity index (χ3n) is 3.28. The van der Waals surface area contributed by atoms with E-state index in [2.05, 4.69) is 15.3 Å². The normalized spacial score (nSPS) is 12.9. The molecule has 2 N–H and O–H groups in total. The van der Waals surface area contributed by atoms with Gasteiger partial charge in [0, 0.05) is 31.2 Å². The van der Waals surface area contributed by atoms with Crippen LogP contribution in [0.1, 0.15) is 21.5 Å². The number of anilines is 1. The standard InChI is InChI=1S/C14H12N4O3/c19-13(11-4-15-8-16-5-11)17-12-2-1-9-6-18(14(20)21)7-10(9)3-12/h1-5,8H,6-7H2,(H,17,19)(H,20,21).